The molecule has 0 amide bonds. The predicted octanol–water partition coefficient (Wildman–Crippen LogP) is 1.58. The van der Waals surface area contributed by atoms with Gasteiger partial charge in [-0.05, 0) is 0 Å². The summed E-state index contributed by atoms with van der Waals surface area (Å²) in [6.07, 6.45) is 1.50. The topological polar surface area (TPSA) is 0 Å². The average molecular weight is 89.9 g/mol. The van der Waals surface area contributed by atoms with E-state index >= 15 is 0 Å². The summed E-state index contributed by atoms with van der Waals surface area (Å²) in [6, 6.07) is 0. The Balaban J connectivity index is 2.13. The lowest BCUT2D eigenvalue weighted by Crippen LogP contribution is -1.91. The Kier molecular flexibility index (Phi) is 0.824. The minimum Gasteiger partial charge on any atom is -0.511 e. The highest BCUT2D eigenvalue weighted by molar-refractivity contribution is 6.45. The summed E-state index contributed by atoms with van der Waals surface area (Å²) in [7, 11) is -2.04. The normalized spacial score (nSPS) is 22.5. The minimum atomic E-state index is -2.04. The molecule has 0 aromatic carbocycles. The van der Waals surface area contributed by atoms with Gasteiger partial charge in [0.15, 0.2) is 0 Å². The Morgan fingerprint density at radius 2 is 1.83 bits per heavy atom. The number of rotatable bonds is 1. The molecule has 1 aliphatic rings. The zero-order chi connectivity index (χ0) is 4.57. The first kappa shape index (κ1) is 4.09. The maximum Gasteiger partial charge on any atom is 0.234 e. The smallest absolute Gasteiger partial charge is 0.234 e. The van der Waals surface area contributed by atoms with Crippen molar-refractivity contribution in [2.75, 3.05) is 0 Å². The highest BCUT2D eigenvalue weighted by Crippen LogP contribution is 2.39. The van der Waals surface area contributed by atoms with Gasteiger partial charge in [0.2, 0.25) is 7.27 Å². The summed E-state index contributed by atoms with van der Waals surface area (Å²) in [5.41, 5.74) is 0. The van der Waals surface area contributed by atoms with Crippen LogP contribution in [0.25, 0.3) is 0 Å². The van der Waals surface area contributed by atoms with Gasteiger partial charge in [-0.2, -0.15) is 0 Å². The van der Waals surface area contributed by atoms with Gasteiger partial charge in [0.25, 0.3) is 0 Å². The van der Waals surface area contributed by atoms with Crippen LogP contribution >= 0.6 is 0 Å². The van der Waals surface area contributed by atoms with Crippen molar-refractivity contribution in [3.05, 3.63) is 0 Å². The predicted molar refractivity (Wildman–Crippen MR) is 21.0 cm³/mol. The molecule has 0 unspecified atom stereocenters. The Bertz CT molecular complexity index is 50.8. The van der Waals surface area contributed by atoms with Gasteiger partial charge in [-0.1, -0.05) is 12.8 Å². The summed E-state index contributed by atoms with van der Waals surface area (Å²) in [6.45, 7) is 0. The zero-order valence-electron chi connectivity index (χ0n) is 3.32. The first-order chi connectivity index (χ1) is 2.80. The third kappa shape index (κ3) is 0.700. The lowest BCUT2D eigenvalue weighted by molar-refractivity contribution is 0.650. The van der Waals surface area contributed by atoms with E-state index in [0.717, 1.165) is 12.8 Å². The number of hydrogen-bond donors (Lipinski definition) is 0. The van der Waals surface area contributed by atoms with E-state index in [1.54, 1.807) is 0 Å². The van der Waals surface area contributed by atoms with E-state index in [1.807, 2.05) is 0 Å². The largest absolute Gasteiger partial charge is 0.511 e. The number of hydrogen-bond acceptors (Lipinski definition) is 0. The molecule has 0 N–H and O–H groups in total. The maximum absolute atomic E-state index is 11.2. The second-order valence-corrected chi connectivity index (χ2v) is 1.67. The van der Waals surface area contributed by atoms with Crippen LogP contribution in [0.15, 0.2) is 0 Å². The molecule has 1 fully saturated rings. The third-order valence-corrected chi connectivity index (χ3v) is 0.978. The van der Waals surface area contributed by atoms with E-state index in [-0.39, 0.29) is 5.82 Å². The van der Waals surface area contributed by atoms with Crippen LogP contribution in [-0.4, -0.2) is 7.27 Å². The van der Waals surface area contributed by atoms with Gasteiger partial charge >= 0.3 is 0 Å². The van der Waals surface area contributed by atoms with E-state index in [4.69, 9.17) is 0 Å². The van der Waals surface area contributed by atoms with Crippen molar-refractivity contribution in [3.8, 4) is 0 Å². The van der Waals surface area contributed by atoms with Gasteiger partial charge < -0.3 is 8.63 Å². The van der Waals surface area contributed by atoms with Crippen LogP contribution in [0.1, 0.15) is 12.8 Å². The molecule has 0 bridgehead atoms. The highest BCUT2D eigenvalue weighted by Gasteiger charge is 2.22. The molecule has 1 rings (SSSR count). The van der Waals surface area contributed by atoms with E-state index < -0.39 is 7.27 Å². The van der Waals surface area contributed by atoms with Gasteiger partial charge in [0.1, 0.15) is 0 Å². The van der Waals surface area contributed by atoms with E-state index in [2.05, 4.69) is 0 Å². The van der Waals surface area contributed by atoms with Crippen LogP contribution < -0.4 is 0 Å². The zero-order valence-corrected chi connectivity index (χ0v) is 3.32. The average Bonchev–Trinajstić information content (AvgIpc) is 2.06. The Hall–Kier alpha value is -0.0751. The fraction of sp³-hybridized carbons (Fsp3) is 1.00. The molecule has 1 radical (unpaired) electrons. The number of halogens is 2. The Morgan fingerprint density at radius 3 is 1.83 bits per heavy atom. The standard InChI is InChI=1S/C3H5BF2/c5-4(6)3-1-2-3/h3H,1-2H2/q-1. The lowest BCUT2D eigenvalue weighted by Gasteiger charge is -1.98. The van der Waals surface area contributed by atoms with Crippen LogP contribution in [-0.2, 0) is 0 Å². The molecule has 1 aliphatic carbocycles. The molecule has 0 aliphatic heterocycles. The molecule has 3 heteroatoms. The maximum atomic E-state index is 11.2. The van der Waals surface area contributed by atoms with Crippen molar-refractivity contribution >= 4 is 7.27 Å². The second-order valence-electron chi connectivity index (χ2n) is 1.67. The van der Waals surface area contributed by atoms with Gasteiger partial charge in [-0.25, -0.2) is 0 Å². The lowest BCUT2D eigenvalue weighted by atomic mass is 9.91. The molecule has 0 atom stereocenters. The molecular formula is C3H5BF2-. The minimum absolute atomic E-state index is 0.231. The molecule has 0 heterocycles. The van der Waals surface area contributed by atoms with Crippen molar-refractivity contribution in [2.24, 2.45) is 0 Å². The van der Waals surface area contributed by atoms with Crippen molar-refractivity contribution in [1.29, 1.82) is 0 Å². The van der Waals surface area contributed by atoms with Gasteiger partial charge in [-0.15, -0.1) is 5.82 Å². The summed E-state index contributed by atoms with van der Waals surface area (Å²) in [4.78, 5) is 0. The molecular weight excluding hydrogens is 84.8 g/mol. The van der Waals surface area contributed by atoms with Crippen molar-refractivity contribution in [1.82, 2.24) is 0 Å². The summed E-state index contributed by atoms with van der Waals surface area (Å²) in [5.74, 6) is -0.231. The summed E-state index contributed by atoms with van der Waals surface area (Å²) < 4.78 is 22.4. The first-order valence-corrected chi connectivity index (χ1v) is 2.09. The Labute approximate surface area is 35.7 Å². The van der Waals surface area contributed by atoms with Gasteiger partial charge in [0.05, 0.1) is 0 Å². The van der Waals surface area contributed by atoms with Crippen LogP contribution in [0.2, 0.25) is 5.82 Å². The van der Waals surface area contributed by atoms with Crippen molar-refractivity contribution in [3.63, 3.8) is 0 Å². The van der Waals surface area contributed by atoms with Crippen LogP contribution in [0.4, 0.5) is 8.63 Å². The molecule has 0 nitrogen and oxygen atoms in total. The van der Waals surface area contributed by atoms with Crippen LogP contribution in [0, 0.1) is 0 Å². The fourth-order valence-electron chi connectivity index (χ4n) is 0.348. The van der Waals surface area contributed by atoms with Crippen LogP contribution in [0.5, 0.6) is 0 Å². The van der Waals surface area contributed by atoms with Gasteiger partial charge in [0, 0.05) is 0 Å². The molecule has 0 aromatic heterocycles. The molecule has 1 saturated carbocycles. The molecule has 0 saturated heterocycles. The van der Waals surface area contributed by atoms with Crippen LogP contribution in [0.3, 0.4) is 0 Å². The van der Waals surface area contributed by atoms with E-state index in [0.29, 0.717) is 0 Å². The second kappa shape index (κ2) is 1.21. The highest BCUT2D eigenvalue weighted by atomic mass is 19.2. The molecule has 35 valence electrons. The molecule has 0 spiro atoms. The monoisotopic (exact) mass is 90.0 g/mol. The summed E-state index contributed by atoms with van der Waals surface area (Å²) in [5, 5.41) is 0. The van der Waals surface area contributed by atoms with Crippen molar-refractivity contribution in [2.45, 2.75) is 18.7 Å². The summed E-state index contributed by atoms with van der Waals surface area (Å²) >= 11 is 0. The molecule has 0 aromatic rings. The quantitative estimate of drug-likeness (QED) is 0.428. The van der Waals surface area contributed by atoms with E-state index in [1.165, 1.54) is 0 Å². The third-order valence-electron chi connectivity index (χ3n) is 0.978. The Morgan fingerprint density at radius 1 is 1.33 bits per heavy atom. The molecule has 6 heavy (non-hydrogen) atoms. The van der Waals surface area contributed by atoms with Gasteiger partial charge in [-0.3, -0.25) is 0 Å². The van der Waals surface area contributed by atoms with Crippen molar-refractivity contribution < 1.29 is 8.63 Å². The fourth-order valence-corrected chi connectivity index (χ4v) is 0.348. The van der Waals surface area contributed by atoms with E-state index in [9.17, 15) is 8.63 Å². The first-order valence-electron chi connectivity index (χ1n) is 2.09. The SMILES string of the molecule is F[B-](F)C1CC1.